The summed E-state index contributed by atoms with van der Waals surface area (Å²) in [5.41, 5.74) is 0.923. The van der Waals surface area contributed by atoms with E-state index in [1.54, 1.807) is 0 Å². The average molecular weight is 234 g/mol. The first-order chi connectivity index (χ1) is 8.02. The summed E-state index contributed by atoms with van der Waals surface area (Å²) in [4.78, 5) is 23.1. The molecule has 0 radical (unpaired) electrons. The largest absolute Gasteiger partial charge is 0.460 e. The second kappa shape index (κ2) is 6.18. The standard InChI is InChI=1S/C14H18O3/c1-10(2)13(11(3)15)14(16)17-9-12-7-5-4-6-8-12/h4-8,10,13H,9H2,1-3H3. The maximum Gasteiger partial charge on any atom is 0.317 e. The van der Waals surface area contributed by atoms with Gasteiger partial charge < -0.3 is 4.74 Å². The Kier molecular flexibility index (Phi) is 4.88. The highest BCUT2D eigenvalue weighted by molar-refractivity contribution is 5.97. The number of rotatable bonds is 5. The van der Waals surface area contributed by atoms with E-state index in [0.29, 0.717) is 0 Å². The number of benzene rings is 1. The third-order valence-electron chi connectivity index (χ3n) is 2.58. The molecule has 0 aliphatic carbocycles. The molecular formula is C14H18O3. The van der Waals surface area contributed by atoms with E-state index in [-0.39, 0.29) is 18.3 Å². The fourth-order valence-corrected chi connectivity index (χ4v) is 1.73. The number of carbonyl (C=O) groups is 2. The van der Waals surface area contributed by atoms with Crippen molar-refractivity contribution in [1.29, 1.82) is 0 Å². The van der Waals surface area contributed by atoms with E-state index in [4.69, 9.17) is 4.74 Å². The zero-order valence-corrected chi connectivity index (χ0v) is 10.5. The molecule has 0 fully saturated rings. The Morgan fingerprint density at radius 2 is 1.76 bits per heavy atom. The smallest absolute Gasteiger partial charge is 0.317 e. The maximum absolute atomic E-state index is 11.8. The predicted molar refractivity (Wildman–Crippen MR) is 65.2 cm³/mol. The van der Waals surface area contributed by atoms with Crippen LogP contribution in [0.4, 0.5) is 0 Å². The van der Waals surface area contributed by atoms with Crippen molar-refractivity contribution in [1.82, 2.24) is 0 Å². The lowest BCUT2D eigenvalue weighted by Gasteiger charge is -2.16. The first-order valence-corrected chi connectivity index (χ1v) is 5.73. The van der Waals surface area contributed by atoms with Gasteiger partial charge in [-0.05, 0) is 18.4 Å². The molecular weight excluding hydrogens is 216 g/mol. The summed E-state index contributed by atoms with van der Waals surface area (Å²) in [6.07, 6.45) is 0. The van der Waals surface area contributed by atoms with Crippen LogP contribution in [0.5, 0.6) is 0 Å². The molecule has 0 heterocycles. The Labute approximate surface area is 102 Å². The molecule has 1 rings (SSSR count). The van der Waals surface area contributed by atoms with Gasteiger partial charge in [0.05, 0.1) is 0 Å². The number of carbonyl (C=O) groups excluding carboxylic acids is 2. The molecule has 92 valence electrons. The summed E-state index contributed by atoms with van der Waals surface area (Å²) in [6.45, 7) is 5.33. The minimum absolute atomic E-state index is 0.0317. The zero-order chi connectivity index (χ0) is 12.8. The van der Waals surface area contributed by atoms with Gasteiger partial charge in [-0.15, -0.1) is 0 Å². The summed E-state index contributed by atoms with van der Waals surface area (Å²) >= 11 is 0. The summed E-state index contributed by atoms with van der Waals surface area (Å²) in [6, 6.07) is 9.43. The highest BCUT2D eigenvalue weighted by Crippen LogP contribution is 2.15. The molecule has 1 aromatic carbocycles. The summed E-state index contributed by atoms with van der Waals surface area (Å²) in [7, 11) is 0. The Morgan fingerprint density at radius 1 is 1.18 bits per heavy atom. The first kappa shape index (κ1) is 13.4. The third kappa shape index (κ3) is 4.02. The van der Waals surface area contributed by atoms with Crippen LogP contribution in [0.3, 0.4) is 0 Å². The van der Waals surface area contributed by atoms with Crippen molar-refractivity contribution >= 4 is 11.8 Å². The van der Waals surface area contributed by atoms with Crippen LogP contribution < -0.4 is 0 Å². The van der Waals surface area contributed by atoms with E-state index < -0.39 is 11.9 Å². The Morgan fingerprint density at radius 3 is 2.24 bits per heavy atom. The number of hydrogen-bond acceptors (Lipinski definition) is 3. The molecule has 0 aliphatic rings. The minimum atomic E-state index is -0.654. The lowest BCUT2D eigenvalue weighted by molar-refractivity contribution is -0.154. The van der Waals surface area contributed by atoms with Crippen LogP contribution in [-0.4, -0.2) is 11.8 Å². The molecule has 0 saturated carbocycles. The van der Waals surface area contributed by atoms with E-state index in [1.165, 1.54) is 6.92 Å². The fourth-order valence-electron chi connectivity index (χ4n) is 1.73. The Balaban J connectivity index is 2.57. The molecule has 1 aromatic rings. The van der Waals surface area contributed by atoms with Crippen LogP contribution in [-0.2, 0) is 20.9 Å². The highest BCUT2D eigenvalue weighted by atomic mass is 16.5. The molecule has 0 amide bonds. The lowest BCUT2D eigenvalue weighted by Crippen LogP contribution is -2.28. The van der Waals surface area contributed by atoms with Crippen molar-refractivity contribution in [2.75, 3.05) is 0 Å². The number of esters is 1. The topological polar surface area (TPSA) is 43.4 Å². The van der Waals surface area contributed by atoms with Crippen LogP contribution in [0.1, 0.15) is 26.3 Å². The maximum atomic E-state index is 11.8. The van der Waals surface area contributed by atoms with Crippen LogP contribution in [0.2, 0.25) is 0 Å². The van der Waals surface area contributed by atoms with Gasteiger partial charge >= 0.3 is 5.97 Å². The Bertz CT molecular complexity index is 382. The fraction of sp³-hybridized carbons (Fsp3) is 0.429. The molecule has 0 aromatic heterocycles. The molecule has 3 nitrogen and oxygen atoms in total. The summed E-state index contributed by atoms with van der Waals surface area (Å²) in [5, 5.41) is 0. The van der Waals surface area contributed by atoms with E-state index >= 15 is 0 Å². The van der Waals surface area contributed by atoms with Crippen molar-refractivity contribution in [3.8, 4) is 0 Å². The monoisotopic (exact) mass is 234 g/mol. The molecule has 1 unspecified atom stereocenters. The van der Waals surface area contributed by atoms with Gasteiger partial charge in [-0.25, -0.2) is 0 Å². The molecule has 3 heteroatoms. The van der Waals surface area contributed by atoms with E-state index in [1.807, 2.05) is 44.2 Å². The average Bonchev–Trinajstić information content (AvgIpc) is 2.27. The molecule has 1 atom stereocenters. The normalized spacial score (nSPS) is 12.2. The second-order valence-corrected chi connectivity index (χ2v) is 4.43. The minimum Gasteiger partial charge on any atom is -0.460 e. The number of ketones is 1. The van der Waals surface area contributed by atoms with Gasteiger partial charge in [0.25, 0.3) is 0 Å². The van der Waals surface area contributed by atoms with Crippen molar-refractivity contribution in [3.63, 3.8) is 0 Å². The second-order valence-electron chi connectivity index (χ2n) is 4.43. The van der Waals surface area contributed by atoms with Crippen LogP contribution in [0.25, 0.3) is 0 Å². The van der Waals surface area contributed by atoms with E-state index in [0.717, 1.165) is 5.56 Å². The van der Waals surface area contributed by atoms with Crippen molar-refractivity contribution in [2.24, 2.45) is 11.8 Å². The lowest BCUT2D eigenvalue weighted by atomic mass is 9.92. The number of hydrogen-bond donors (Lipinski definition) is 0. The molecule has 0 N–H and O–H groups in total. The van der Waals surface area contributed by atoms with E-state index in [9.17, 15) is 9.59 Å². The zero-order valence-electron chi connectivity index (χ0n) is 10.5. The number of Topliss-reactive ketones (excluding diaryl/α,β-unsaturated/α-hetero) is 1. The summed E-state index contributed by atoms with van der Waals surface area (Å²) < 4.78 is 5.15. The SMILES string of the molecule is CC(=O)C(C(=O)OCc1ccccc1)C(C)C. The van der Waals surface area contributed by atoms with Crippen molar-refractivity contribution < 1.29 is 14.3 Å². The summed E-state index contributed by atoms with van der Waals surface area (Å²) in [5.74, 6) is -1.26. The van der Waals surface area contributed by atoms with Gasteiger partial charge in [-0.1, -0.05) is 44.2 Å². The first-order valence-electron chi connectivity index (χ1n) is 5.73. The van der Waals surface area contributed by atoms with Crippen molar-refractivity contribution in [3.05, 3.63) is 35.9 Å². The van der Waals surface area contributed by atoms with E-state index in [2.05, 4.69) is 0 Å². The Hall–Kier alpha value is -1.64. The molecule has 0 bridgehead atoms. The van der Waals surface area contributed by atoms with Gasteiger partial charge in [-0.3, -0.25) is 9.59 Å². The van der Waals surface area contributed by atoms with Crippen molar-refractivity contribution in [2.45, 2.75) is 27.4 Å². The number of ether oxygens (including phenoxy) is 1. The molecule has 0 saturated heterocycles. The third-order valence-corrected chi connectivity index (χ3v) is 2.58. The molecule has 0 aliphatic heterocycles. The molecule has 0 spiro atoms. The van der Waals surface area contributed by atoms with Gasteiger partial charge in [0.1, 0.15) is 18.3 Å². The predicted octanol–water partition coefficient (Wildman–Crippen LogP) is 2.59. The highest BCUT2D eigenvalue weighted by Gasteiger charge is 2.28. The van der Waals surface area contributed by atoms with Gasteiger partial charge in [0.2, 0.25) is 0 Å². The van der Waals surface area contributed by atoms with Crippen LogP contribution >= 0.6 is 0 Å². The van der Waals surface area contributed by atoms with Crippen LogP contribution in [0.15, 0.2) is 30.3 Å². The van der Waals surface area contributed by atoms with Gasteiger partial charge in [0, 0.05) is 0 Å². The molecule has 17 heavy (non-hydrogen) atoms. The van der Waals surface area contributed by atoms with Gasteiger partial charge in [-0.2, -0.15) is 0 Å². The quantitative estimate of drug-likeness (QED) is 0.581. The van der Waals surface area contributed by atoms with Crippen LogP contribution in [0, 0.1) is 11.8 Å². The van der Waals surface area contributed by atoms with Gasteiger partial charge in [0.15, 0.2) is 0 Å².